The van der Waals surface area contributed by atoms with Crippen molar-refractivity contribution in [3.05, 3.63) is 10.8 Å². The maximum absolute atomic E-state index is 7.11. The second-order valence-electron chi connectivity index (χ2n) is 18.3. The number of rotatable bonds is 20. The number of hydrogen-bond donors (Lipinski definition) is 0. The van der Waals surface area contributed by atoms with Crippen molar-refractivity contribution in [2.24, 2.45) is 32.5 Å². The van der Waals surface area contributed by atoms with Crippen LogP contribution in [0, 0.1) is 32.5 Å². The first-order valence-electron chi connectivity index (χ1n) is 17.6. The van der Waals surface area contributed by atoms with Gasteiger partial charge in [-0.1, -0.05) is 86.9 Å². The molecule has 0 N–H and O–H groups in total. The predicted octanol–water partition coefficient (Wildman–Crippen LogP) is 3.75. The summed E-state index contributed by atoms with van der Waals surface area (Å²) in [5, 5.41) is 1.44. The smallest absolute Gasteiger partial charge is 0.312 e. The van der Waals surface area contributed by atoms with Gasteiger partial charge in [-0.3, -0.25) is 0 Å². The molecular formula is C29H76O9Si10. The quantitative estimate of drug-likeness (QED) is 0.135. The average molecular weight is 850 g/mol. The van der Waals surface area contributed by atoms with Crippen molar-refractivity contribution in [2.75, 3.05) is 0 Å². The summed E-state index contributed by atoms with van der Waals surface area (Å²) in [6.07, 6.45) is 0. The van der Waals surface area contributed by atoms with Crippen molar-refractivity contribution in [2.45, 2.75) is 142 Å². The Morgan fingerprint density at radius 3 is 1.27 bits per heavy atom. The van der Waals surface area contributed by atoms with Gasteiger partial charge in [-0.2, -0.15) is 0 Å². The molecule has 0 aromatic rings. The molecule has 0 radical (unpaired) electrons. The van der Waals surface area contributed by atoms with Crippen molar-refractivity contribution in [1.29, 1.82) is 0 Å². The van der Waals surface area contributed by atoms with Crippen LogP contribution in [0.4, 0.5) is 0 Å². The van der Waals surface area contributed by atoms with E-state index in [4.69, 9.17) is 37.0 Å². The minimum Gasteiger partial charge on any atom is -0.441 e. The molecule has 286 valence electrons. The van der Waals surface area contributed by atoms with Gasteiger partial charge >= 0.3 is 8.56 Å². The highest BCUT2D eigenvalue weighted by Crippen LogP contribution is 2.80. The molecule has 0 aliphatic heterocycles. The van der Waals surface area contributed by atoms with E-state index in [1.165, 1.54) is 10.8 Å². The maximum atomic E-state index is 7.11. The molecule has 1 unspecified atom stereocenters. The summed E-state index contributed by atoms with van der Waals surface area (Å²) in [7, 11) is -14.3. The molecule has 0 aromatic heterocycles. The summed E-state index contributed by atoms with van der Waals surface area (Å²) >= 11 is 0. The van der Waals surface area contributed by atoms with Crippen LogP contribution < -0.4 is 0 Å². The first kappa shape index (κ1) is 47.6. The highest BCUT2D eigenvalue weighted by Gasteiger charge is 2.73. The van der Waals surface area contributed by atoms with Crippen molar-refractivity contribution < 1.29 is 37.0 Å². The van der Waals surface area contributed by atoms with Crippen LogP contribution in [-0.2, 0) is 37.0 Å². The maximum Gasteiger partial charge on any atom is 0.312 e. The predicted molar refractivity (Wildman–Crippen MR) is 228 cm³/mol. The zero-order valence-corrected chi connectivity index (χ0v) is 47.6. The molecule has 0 amide bonds. The lowest BCUT2D eigenvalue weighted by Crippen LogP contribution is -2.72. The number of allylic oxidation sites excluding steroid dienone is 2. The molecular weight excluding hydrogens is 773 g/mol. The van der Waals surface area contributed by atoms with Crippen LogP contribution in [-0.4, -0.2) is 94.5 Å². The van der Waals surface area contributed by atoms with Crippen LogP contribution in [0.1, 0.15) is 90.0 Å². The normalized spacial score (nSPS) is 24.2. The fourth-order valence-corrected chi connectivity index (χ4v) is 31.4. The fraction of sp³-hybridized carbons (Fsp3) is 0.931. The minimum atomic E-state index is -2.47. The summed E-state index contributed by atoms with van der Waals surface area (Å²) in [6.45, 7) is 50.0. The molecule has 1 rings (SSSR count). The van der Waals surface area contributed by atoms with Crippen molar-refractivity contribution in [1.82, 2.24) is 0 Å². The highest BCUT2D eigenvalue weighted by atomic mass is 28.5. The topological polar surface area (TPSA) is 83.1 Å². The summed E-state index contributed by atoms with van der Waals surface area (Å²) in [6, 6.07) is 0. The zero-order chi connectivity index (χ0) is 37.8. The van der Waals surface area contributed by atoms with Gasteiger partial charge in [0.15, 0.2) is 8.32 Å². The summed E-state index contributed by atoms with van der Waals surface area (Å²) in [5.74, 6) is 0. The van der Waals surface area contributed by atoms with E-state index in [0.717, 1.165) is 0 Å². The number of hydrogen-bond acceptors (Lipinski definition) is 9. The SMILES string of the molecule is CC(=C(C)[Si](C)(C)O[Si](C)(C)O[SiH](C)O[SiH2]O[SiH2]O[SiH2]O[SiH2]O[SiH2]O[SiH2]O[Si](C)(C)C)C1(C)C(C)(C)C(C)(C)C(C)(C)C(C)(C)C1(C)C. The van der Waals surface area contributed by atoms with Crippen LogP contribution in [0.15, 0.2) is 10.8 Å². The van der Waals surface area contributed by atoms with Gasteiger partial charge in [-0.15, -0.1) is 0 Å². The van der Waals surface area contributed by atoms with Crippen LogP contribution in [0.2, 0.25) is 52.4 Å². The second-order valence-corrected chi connectivity index (χ2v) is 44.1. The molecule has 0 saturated heterocycles. The Hall–Kier alpha value is 1.55. The van der Waals surface area contributed by atoms with Gasteiger partial charge in [-0.25, -0.2) is 0 Å². The monoisotopic (exact) mass is 848 g/mol. The Bertz CT molecular complexity index is 1050. The lowest BCUT2D eigenvalue weighted by Gasteiger charge is -2.77. The minimum absolute atomic E-state index is 0.0272. The Balaban J connectivity index is 2.75. The Morgan fingerprint density at radius 2 is 0.875 bits per heavy atom. The second kappa shape index (κ2) is 17.3. The van der Waals surface area contributed by atoms with Crippen LogP contribution in [0.5, 0.6) is 0 Å². The summed E-state index contributed by atoms with van der Waals surface area (Å²) in [5.41, 5.74) is 1.79. The molecule has 1 saturated carbocycles. The van der Waals surface area contributed by atoms with E-state index in [1.807, 2.05) is 0 Å². The largest absolute Gasteiger partial charge is 0.441 e. The van der Waals surface area contributed by atoms with E-state index < -0.39 is 94.5 Å². The van der Waals surface area contributed by atoms with E-state index in [-0.39, 0.29) is 32.5 Å². The molecule has 48 heavy (non-hydrogen) atoms. The van der Waals surface area contributed by atoms with Crippen molar-refractivity contribution in [3.63, 3.8) is 0 Å². The molecule has 0 bridgehead atoms. The Morgan fingerprint density at radius 1 is 0.521 bits per heavy atom. The Labute approximate surface area is 315 Å². The van der Waals surface area contributed by atoms with Gasteiger partial charge in [0.1, 0.15) is 0 Å². The average Bonchev–Trinajstić information content (AvgIpc) is 2.91. The van der Waals surface area contributed by atoms with E-state index in [9.17, 15) is 0 Å². The van der Waals surface area contributed by atoms with E-state index >= 15 is 0 Å². The van der Waals surface area contributed by atoms with Gasteiger partial charge in [-0.05, 0) is 98.7 Å². The van der Waals surface area contributed by atoms with Gasteiger partial charge in [0.2, 0.25) is 8.32 Å². The van der Waals surface area contributed by atoms with E-state index in [2.05, 4.69) is 142 Å². The third kappa shape index (κ3) is 10.4. The lowest BCUT2D eigenvalue weighted by molar-refractivity contribution is -0.276. The molecule has 0 spiro atoms. The van der Waals surface area contributed by atoms with Crippen LogP contribution >= 0.6 is 0 Å². The first-order valence-corrected chi connectivity index (χ1v) is 35.7. The highest BCUT2D eigenvalue weighted by molar-refractivity contribution is 6.88. The molecule has 0 heterocycles. The molecule has 19 heteroatoms. The Kier molecular flexibility index (Phi) is 17.2. The molecule has 1 aliphatic rings. The third-order valence-electron chi connectivity index (χ3n) is 13.5. The van der Waals surface area contributed by atoms with Crippen molar-refractivity contribution >= 4 is 94.5 Å². The molecule has 1 aliphatic carbocycles. The standard InChI is InChI=1S/C29H76O9Si10/c1-22(29(13)27(9,10)25(5,6)24(3,4)26(7,8)28(29,11)12)23(2)47(18,19)38-48(20,21)37-45(14)35-43-33-41-31-39-30-40-32-42-34-44-36-46(15,16)17/h45H,39-44H2,1-21H3. The van der Waals surface area contributed by atoms with E-state index in [0.29, 0.717) is 0 Å². The first-order chi connectivity index (χ1) is 21.4. The summed E-state index contributed by atoms with van der Waals surface area (Å²) in [4.78, 5) is 0. The zero-order valence-electron chi connectivity index (χ0n) is 35.0. The van der Waals surface area contributed by atoms with Crippen LogP contribution in [0.3, 0.4) is 0 Å². The molecule has 9 nitrogen and oxygen atoms in total. The van der Waals surface area contributed by atoms with Gasteiger partial charge in [0, 0.05) is 0 Å². The van der Waals surface area contributed by atoms with Gasteiger partial charge in [0.25, 0.3) is 69.3 Å². The van der Waals surface area contributed by atoms with Crippen molar-refractivity contribution in [3.8, 4) is 0 Å². The molecule has 1 atom stereocenters. The lowest BCUT2D eigenvalue weighted by atomic mass is 9.27. The molecule has 1 fully saturated rings. The molecule has 0 aromatic carbocycles. The van der Waals surface area contributed by atoms with E-state index in [1.54, 1.807) is 0 Å². The van der Waals surface area contributed by atoms with Gasteiger partial charge in [0.05, 0.1) is 0 Å². The summed E-state index contributed by atoms with van der Waals surface area (Å²) < 4.78 is 53.9. The fourth-order valence-electron chi connectivity index (χ4n) is 8.06. The van der Waals surface area contributed by atoms with Crippen LogP contribution in [0.25, 0.3) is 0 Å². The third-order valence-corrected chi connectivity index (χ3v) is 36.4. The van der Waals surface area contributed by atoms with Gasteiger partial charge < -0.3 is 37.0 Å².